The molecule has 0 aliphatic carbocycles. The molecule has 112 valence electrons. The predicted octanol–water partition coefficient (Wildman–Crippen LogP) is 2.01. The molecule has 2 rings (SSSR count). The number of nitrogens with one attached hydrogen (secondary N) is 1. The molecule has 1 amide bonds. The van der Waals surface area contributed by atoms with Gasteiger partial charge >= 0.3 is 0 Å². The summed E-state index contributed by atoms with van der Waals surface area (Å²) in [5, 5.41) is 6.78. The summed E-state index contributed by atoms with van der Waals surface area (Å²) in [5.74, 6) is -3.01. The van der Waals surface area contributed by atoms with Crippen molar-refractivity contribution in [2.24, 2.45) is 0 Å². The molecule has 1 atom stereocenters. The van der Waals surface area contributed by atoms with Crippen LogP contribution in [0, 0.1) is 0 Å². The topological polar surface area (TPSA) is 56.2 Å². The molecule has 0 spiro atoms. The molecule has 1 aromatic heterocycles. The molecule has 0 bridgehead atoms. The first-order valence-electron chi connectivity index (χ1n) is 6.70. The van der Waals surface area contributed by atoms with Gasteiger partial charge in [-0.1, -0.05) is 0 Å². The van der Waals surface area contributed by atoms with Crippen molar-refractivity contribution in [3.05, 3.63) is 18.0 Å². The molecule has 7 heteroatoms. The second kappa shape index (κ2) is 5.87. The van der Waals surface area contributed by atoms with E-state index < -0.39 is 12.5 Å². The van der Waals surface area contributed by atoms with Crippen LogP contribution in [0.4, 0.5) is 8.78 Å². The van der Waals surface area contributed by atoms with E-state index in [1.54, 1.807) is 16.9 Å². The lowest BCUT2D eigenvalue weighted by atomic mass is 10.1. The number of hydrogen-bond donors (Lipinski definition) is 1. The highest BCUT2D eigenvalue weighted by molar-refractivity contribution is 5.92. The first kappa shape index (κ1) is 14.9. The van der Waals surface area contributed by atoms with E-state index in [0.29, 0.717) is 5.69 Å². The number of amides is 1. The zero-order chi connectivity index (χ0) is 14.8. The van der Waals surface area contributed by atoms with Crippen molar-refractivity contribution in [1.82, 2.24) is 15.1 Å². The van der Waals surface area contributed by atoms with E-state index in [0.717, 1.165) is 0 Å². The molecule has 2 heterocycles. The van der Waals surface area contributed by atoms with E-state index in [1.165, 1.54) is 0 Å². The van der Waals surface area contributed by atoms with Crippen molar-refractivity contribution in [3.8, 4) is 0 Å². The van der Waals surface area contributed by atoms with Crippen molar-refractivity contribution in [2.75, 3.05) is 13.2 Å². The standard InChI is InChI=1S/C13H19F2N3O2/c1-9(2)18-11(4-6-17-18)12(19)16-7-10-3-5-13(14,15)8-20-10/h4,6,9-10H,3,5,7-8H2,1-2H3,(H,16,19). The van der Waals surface area contributed by atoms with Gasteiger partial charge in [-0.25, -0.2) is 8.78 Å². The fraction of sp³-hybridized carbons (Fsp3) is 0.692. The average Bonchev–Trinajstić information content (AvgIpc) is 2.86. The van der Waals surface area contributed by atoms with Gasteiger partial charge in [-0.15, -0.1) is 0 Å². The van der Waals surface area contributed by atoms with Gasteiger partial charge in [0, 0.05) is 25.2 Å². The van der Waals surface area contributed by atoms with Gasteiger partial charge in [-0.2, -0.15) is 5.10 Å². The van der Waals surface area contributed by atoms with E-state index in [2.05, 4.69) is 10.4 Å². The Kier molecular flexibility index (Phi) is 4.37. The predicted molar refractivity (Wildman–Crippen MR) is 68.9 cm³/mol. The Labute approximate surface area is 116 Å². The van der Waals surface area contributed by atoms with Crippen LogP contribution in [0.3, 0.4) is 0 Å². The summed E-state index contributed by atoms with van der Waals surface area (Å²) in [6.45, 7) is 3.52. The van der Waals surface area contributed by atoms with Gasteiger partial charge in [-0.05, 0) is 26.3 Å². The first-order valence-corrected chi connectivity index (χ1v) is 6.70. The fourth-order valence-corrected chi connectivity index (χ4v) is 2.13. The number of carbonyl (C=O) groups excluding carboxylic acids is 1. The number of nitrogens with zero attached hydrogens (tertiary/aromatic N) is 2. The van der Waals surface area contributed by atoms with Crippen LogP contribution in [0.5, 0.6) is 0 Å². The van der Waals surface area contributed by atoms with Crippen molar-refractivity contribution >= 4 is 5.91 Å². The minimum atomic E-state index is -2.74. The highest BCUT2D eigenvalue weighted by Crippen LogP contribution is 2.27. The highest BCUT2D eigenvalue weighted by Gasteiger charge is 2.35. The number of ether oxygens (including phenoxy) is 1. The minimum Gasteiger partial charge on any atom is -0.370 e. The molecule has 1 saturated heterocycles. The molecular formula is C13H19F2N3O2. The summed E-state index contributed by atoms with van der Waals surface area (Å²) < 4.78 is 32.5. The van der Waals surface area contributed by atoms with Gasteiger partial charge in [0.1, 0.15) is 12.3 Å². The zero-order valence-electron chi connectivity index (χ0n) is 11.6. The molecule has 1 N–H and O–H groups in total. The highest BCUT2D eigenvalue weighted by atomic mass is 19.3. The van der Waals surface area contributed by atoms with Crippen LogP contribution < -0.4 is 5.32 Å². The number of halogens is 2. The van der Waals surface area contributed by atoms with Crippen LogP contribution in [-0.4, -0.2) is 40.9 Å². The summed E-state index contributed by atoms with van der Waals surface area (Å²) in [7, 11) is 0. The number of aromatic nitrogens is 2. The van der Waals surface area contributed by atoms with Crippen LogP contribution >= 0.6 is 0 Å². The molecule has 5 nitrogen and oxygen atoms in total. The maximum absolute atomic E-state index is 12.9. The Morgan fingerprint density at radius 1 is 1.65 bits per heavy atom. The summed E-state index contributed by atoms with van der Waals surface area (Å²) in [6.07, 6.45) is 1.26. The van der Waals surface area contributed by atoms with E-state index in [1.807, 2.05) is 13.8 Å². The Morgan fingerprint density at radius 3 is 3.00 bits per heavy atom. The average molecular weight is 287 g/mol. The van der Waals surface area contributed by atoms with Crippen LogP contribution in [0.1, 0.15) is 43.2 Å². The zero-order valence-corrected chi connectivity index (χ0v) is 11.6. The number of alkyl halides is 2. The molecule has 20 heavy (non-hydrogen) atoms. The molecule has 1 unspecified atom stereocenters. The molecular weight excluding hydrogens is 268 g/mol. The third-order valence-electron chi connectivity index (χ3n) is 3.24. The summed E-state index contributed by atoms with van der Waals surface area (Å²) in [4.78, 5) is 12.0. The number of rotatable bonds is 4. The maximum atomic E-state index is 12.9. The quantitative estimate of drug-likeness (QED) is 0.921. The third-order valence-corrected chi connectivity index (χ3v) is 3.24. The van der Waals surface area contributed by atoms with Crippen LogP contribution in [0.2, 0.25) is 0 Å². The molecule has 0 aromatic carbocycles. The second-order valence-corrected chi connectivity index (χ2v) is 5.29. The van der Waals surface area contributed by atoms with Crippen LogP contribution in [0.15, 0.2) is 12.3 Å². The van der Waals surface area contributed by atoms with E-state index in [9.17, 15) is 13.6 Å². The van der Waals surface area contributed by atoms with Gasteiger partial charge in [0.25, 0.3) is 11.8 Å². The lowest BCUT2D eigenvalue weighted by Gasteiger charge is -2.28. The smallest absolute Gasteiger partial charge is 0.271 e. The molecule has 0 radical (unpaired) electrons. The molecule has 1 fully saturated rings. The van der Waals surface area contributed by atoms with Gasteiger partial charge in [0.2, 0.25) is 0 Å². The summed E-state index contributed by atoms with van der Waals surface area (Å²) >= 11 is 0. The van der Waals surface area contributed by atoms with Crippen molar-refractivity contribution in [2.45, 2.75) is 44.8 Å². The second-order valence-electron chi connectivity index (χ2n) is 5.29. The maximum Gasteiger partial charge on any atom is 0.271 e. The van der Waals surface area contributed by atoms with Gasteiger partial charge in [0.15, 0.2) is 0 Å². The largest absolute Gasteiger partial charge is 0.370 e. The van der Waals surface area contributed by atoms with Gasteiger partial charge in [-0.3, -0.25) is 9.48 Å². The van der Waals surface area contributed by atoms with Crippen LogP contribution in [0.25, 0.3) is 0 Å². The summed E-state index contributed by atoms with van der Waals surface area (Å²) in [6, 6.07) is 1.71. The number of carbonyl (C=O) groups is 1. The molecule has 1 aromatic rings. The van der Waals surface area contributed by atoms with E-state index in [-0.39, 0.29) is 37.4 Å². The normalized spacial score (nSPS) is 21.9. The molecule has 1 aliphatic rings. The Hall–Kier alpha value is -1.50. The van der Waals surface area contributed by atoms with Crippen molar-refractivity contribution in [3.63, 3.8) is 0 Å². The molecule has 1 aliphatic heterocycles. The van der Waals surface area contributed by atoms with E-state index in [4.69, 9.17) is 4.74 Å². The number of hydrogen-bond acceptors (Lipinski definition) is 3. The summed E-state index contributed by atoms with van der Waals surface area (Å²) in [5.41, 5.74) is 0.459. The Bertz CT molecular complexity index is 464. The Balaban J connectivity index is 1.85. The minimum absolute atomic E-state index is 0.0790. The fourth-order valence-electron chi connectivity index (χ4n) is 2.13. The lowest BCUT2D eigenvalue weighted by molar-refractivity contribution is -0.141. The van der Waals surface area contributed by atoms with Crippen molar-refractivity contribution in [1.29, 1.82) is 0 Å². The van der Waals surface area contributed by atoms with E-state index >= 15 is 0 Å². The first-order chi connectivity index (χ1) is 9.39. The molecule has 0 saturated carbocycles. The van der Waals surface area contributed by atoms with Crippen molar-refractivity contribution < 1.29 is 18.3 Å². The monoisotopic (exact) mass is 287 g/mol. The van der Waals surface area contributed by atoms with Gasteiger partial charge in [0.05, 0.1) is 6.10 Å². The van der Waals surface area contributed by atoms with Crippen LogP contribution in [-0.2, 0) is 4.74 Å². The lowest BCUT2D eigenvalue weighted by Crippen LogP contribution is -2.41. The Morgan fingerprint density at radius 2 is 2.40 bits per heavy atom. The van der Waals surface area contributed by atoms with Gasteiger partial charge < -0.3 is 10.1 Å². The SMILES string of the molecule is CC(C)n1nccc1C(=O)NCC1CCC(F)(F)CO1. The third kappa shape index (κ3) is 3.53.